The van der Waals surface area contributed by atoms with Crippen molar-refractivity contribution in [2.45, 2.75) is 31.9 Å². The minimum atomic E-state index is -0.0262. The van der Waals surface area contributed by atoms with Gasteiger partial charge < -0.3 is 10.1 Å². The smallest absolute Gasteiger partial charge is 0.0995 e. The second-order valence-corrected chi connectivity index (χ2v) is 4.77. The van der Waals surface area contributed by atoms with Crippen LogP contribution in [-0.4, -0.2) is 18.8 Å². The van der Waals surface area contributed by atoms with E-state index < -0.39 is 0 Å². The summed E-state index contributed by atoms with van der Waals surface area (Å²) in [6.45, 7) is 4.58. The van der Waals surface area contributed by atoms with E-state index in [1.165, 1.54) is 0 Å². The Bertz CT molecular complexity index is 416. The zero-order valence-electron chi connectivity index (χ0n) is 10.2. The zero-order chi connectivity index (χ0) is 12.1. The molecule has 0 aromatic heterocycles. The molecule has 0 spiro atoms. The topological polar surface area (TPSA) is 45.0 Å². The first-order valence-corrected chi connectivity index (χ1v) is 6.06. The van der Waals surface area contributed by atoms with Gasteiger partial charge >= 0.3 is 0 Å². The molecule has 0 aliphatic carbocycles. The van der Waals surface area contributed by atoms with Gasteiger partial charge in [-0.05, 0) is 31.4 Å². The summed E-state index contributed by atoms with van der Waals surface area (Å²) in [7, 11) is 0. The molecule has 1 aromatic carbocycles. The first kappa shape index (κ1) is 12.1. The lowest BCUT2D eigenvalue weighted by Gasteiger charge is -2.23. The molecular formula is C14H18N2O. The summed E-state index contributed by atoms with van der Waals surface area (Å²) in [5, 5.41) is 12.4. The van der Waals surface area contributed by atoms with Gasteiger partial charge in [-0.15, -0.1) is 0 Å². The van der Waals surface area contributed by atoms with Crippen LogP contribution >= 0.6 is 0 Å². The van der Waals surface area contributed by atoms with Gasteiger partial charge in [0, 0.05) is 19.7 Å². The Morgan fingerprint density at radius 2 is 2.29 bits per heavy atom. The van der Waals surface area contributed by atoms with Gasteiger partial charge in [0.15, 0.2) is 0 Å². The fourth-order valence-electron chi connectivity index (χ4n) is 2.22. The van der Waals surface area contributed by atoms with E-state index in [1.807, 2.05) is 24.3 Å². The number of ether oxygens (including phenoxy) is 1. The Kier molecular flexibility index (Phi) is 3.78. The maximum Gasteiger partial charge on any atom is 0.0995 e. The average Bonchev–Trinajstić information content (AvgIpc) is 2.77. The lowest BCUT2D eigenvalue weighted by atomic mass is 10.0. The number of benzene rings is 1. The lowest BCUT2D eigenvalue weighted by Crippen LogP contribution is -2.36. The zero-order valence-corrected chi connectivity index (χ0v) is 10.2. The molecule has 1 aromatic rings. The average molecular weight is 230 g/mol. The normalized spacial score (nSPS) is 23.5. The van der Waals surface area contributed by atoms with Crippen molar-refractivity contribution in [3.05, 3.63) is 35.4 Å². The molecule has 0 saturated carbocycles. The van der Waals surface area contributed by atoms with E-state index in [0.29, 0.717) is 0 Å². The van der Waals surface area contributed by atoms with Crippen LogP contribution < -0.4 is 5.32 Å². The second kappa shape index (κ2) is 5.31. The van der Waals surface area contributed by atoms with Crippen LogP contribution in [0.15, 0.2) is 24.3 Å². The van der Waals surface area contributed by atoms with Crippen molar-refractivity contribution < 1.29 is 4.74 Å². The van der Waals surface area contributed by atoms with Gasteiger partial charge in [0.25, 0.3) is 0 Å². The Labute approximate surface area is 102 Å². The number of hydrogen-bond acceptors (Lipinski definition) is 3. The summed E-state index contributed by atoms with van der Waals surface area (Å²) < 4.78 is 5.71. The predicted octanol–water partition coefficient (Wildman–Crippen LogP) is 2.22. The van der Waals surface area contributed by atoms with E-state index in [0.717, 1.165) is 43.7 Å². The van der Waals surface area contributed by atoms with E-state index in [4.69, 9.17) is 10.00 Å². The van der Waals surface area contributed by atoms with Crippen LogP contribution in [0, 0.1) is 11.3 Å². The van der Waals surface area contributed by atoms with E-state index in [-0.39, 0.29) is 5.60 Å². The monoisotopic (exact) mass is 230 g/mol. The Morgan fingerprint density at radius 3 is 3.00 bits per heavy atom. The molecule has 1 aliphatic rings. The van der Waals surface area contributed by atoms with Crippen LogP contribution in [0.2, 0.25) is 0 Å². The van der Waals surface area contributed by atoms with E-state index in [9.17, 15) is 0 Å². The molecule has 0 amide bonds. The van der Waals surface area contributed by atoms with Crippen molar-refractivity contribution in [2.24, 2.45) is 0 Å². The second-order valence-electron chi connectivity index (χ2n) is 4.77. The summed E-state index contributed by atoms with van der Waals surface area (Å²) in [5.74, 6) is 0. The first-order chi connectivity index (χ1) is 8.23. The number of rotatable bonds is 4. The lowest BCUT2D eigenvalue weighted by molar-refractivity contribution is 0.0207. The molecule has 90 valence electrons. The molecule has 1 fully saturated rings. The van der Waals surface area contributed by atoms with Crippen LogP contribution in [0.4, 0.5) is 0 Å². The maximum atomic E-state index is 8.98. The maximum absolute atomic E-state index is 8.98. The summed E-state index contributed by atoms with van der Waals surface area (Å²) >= 11 is 0. The van der Waals surface area contributed by atoms with Gasteiger partial charge in [0.1, 0.15) is 0 Å². The molecule has 3 heteroatoms. The molecule has 1 aliphatic heterocycles. The molecule has 1 unspecified atom stereocenters. The van der Waals surface area contributed by atoms with Gasteiger partial charge in [-0.25, -0.2) is 0 Å². The van der Waals surface area contributed by atoms with Crippen molar-refractivity contribution in [2.75, 3.05) is 13.2 Å². The highest BCUT2D eigenvalue weighted by molar-refractivity contribution is 5.37. The highest BCUT2D eigenvalue weighted by atomic mass is 16.5. The molecule has 1 heterocycles. The molecule has 1 N–H and O–H groups in total. The Hall–Kier alpha value is -1.37. The molecule has 2 rings (SSSR count). The summed E-state index contributed by atoms with van der Waals surface area (Å²) in [6.07, 6.45) is 2.26. The van der Waals surface area contributed by atoms with Crippen LogP contribution in [0.25, 0.3) is 0 Å². The van der Waals surface area contributed by atoms with Gasteiger partial charge in [0.2, 0.25) is 0 Å². The van der Waals surface area contributed by atoms with Gasteiger partial charge in [-0.1, -0.05) is 18.2 Å². The van der Waals surface area contributed by atoms with Crippen molar-refractivity contribution in [3.63, 3.8) is 0 Å². The molecule has 3 nitrogen and oxygen atoms in total. The van der Waals surface area contributed by atoms with Crippen LogP contribution in [0.5, 0.6) is 0 Å². The molecule has 1 saturated heterocycles. The van der Waals surface area contributed by atoms with E-state index in [1.54, 1.807) is 0 Å². The van der Waals surface area contributed by atoms with Crippen LogP contribution in [-0.2, 0) is 11.3 Å². The van der Waals surface area contributed by atoms with Crippen molar-refractivity contribution in [1.82, 2.24) is 5.32 Å². The minimum Gasteiger partial charge on any atom is -0.374 e. The van der Waals surface area contributed by atoms with E-state index in [2.05, 4.69) is 18.3 Å². The molecule has 17 heavy (non-hydrogen) atoms. The number of hydrogen-bond donors (Lipinski definition) is 1. The Morgan fingerprint density at radius 1 is 1.47 bits per heavy atom. The van der Waals surface area contributed by atoms with Crippen molar-refractivity contribution in [3.8, 4) is 6.07 Å². The minimum absolute atomic E-state index is 0.0262. The third kappa shape index (κ3) is 3.06. The highest BCUT2D eigenvalue weighted by Crippen LogP contribution is 2.24. The van der Waals surface area contributed by atoms with Gasteiger partial charge in [0.05, 0.1) is 17.2 Å². The first-order valence-electron chi connectivity index (χ1n) is 6.06. The fraction of sp³-hybridized carbons (Fsp3) is 0.500. The van der Waals surface area contributed by atoms with Gasteiger partial charge in [-0.2, -0.15) is 5.26 Å². The predicted molar refractivity (Wildman–Crippen MR) is 66.5 cm³/mol. The summed E-state index contributed by atoms with van der Waals surface area (Å²) in [6, 6.07) is 9.91. The third-order valence-corrected chi connectivity index (χ3v) is 3.25. The standard InChI is InChI=1S/C14H18N2O/c1-14(7-4-8-17-14)11-16-10-13-6-3-2-5-12(13)9-15/h2-3,5-6,16H,4,7-8,10-11H2,1H3. The largest absolute Gasteiger partial charge is 0.374 e. The van der Waals surface area contributed by atoms with Crippen LogP contribution in [0.1, 0.15) is 30.9 Å². The number of nitrogens with zero attached hydrogens (tertiary/aromatic N) is 1. The quantitative estimate of drug-likeness (QED) is 0.862. The SMILES string of the molecule is CC1(CNCc2ccccc2C#N)CCCO1. The molecule has 1 atom stereocenters. The summed E-state index contributed by atoms with van der Waals surface area (Å²) in [5.41, 5.74) is 1.77. The van der Waals surface area contributed by atoms with Crippen LogP contribution in [0.3, 0.4) is 0 Å². The molecule has 0 bridgehead atoms. The fourth-order valence-corrected chi connectivity index (χ4v) is 2.22. The van der Waals surface area contributed by atoms with Crippen molar-refractivity contribution >= 4 is 0 Å². The third-order valence-electron chi connectivity index (χ3n) is 3.25. The summed E-state index contributed by atoms with van der Waals surface area (Å²) in [4.78, 5) is 0. The Balaban J connectivity index is 1.88. The van der Waals surface area contributed by atoms with E-state index >= 15 is 0 Å². The van der Waals surface area contributed by atoms with Gasteiger partial charge in [-0.3, -0.25) is 0 Å². The number of nitriles is 1. The van der Waals surface area contributed by atoms with Crippen molar-refractivity contribution in [1.29, 1.82) is 5.26 Å². The highest BCUT2D eigenvalue weighted by Gasteiger charge is 2.28. The molecular weight excluding hydrogens is 212 g/mol. The molecule has 0 radical (unpaired) electrons. The number of nitrogens with one attached hydrogen (secondary N) is 1.